The van der Waals surface area contributed by atoms with Crippen molar-refractivity contribution in [1.29, 1.82) is 0 Å². The van der Waals surface area contributed by atoms with Crippen LogP contribution in [0.1, 0.15) is 24.5 Å². The molecule has 1 aliphatic rings. The Hall–Kier alpha value is -2.79. The van der Waals surface area contributed by atoms with E-state index in [-0.39, 0.29) is 6.10 Å². The predicted octanol–water partition coefficient (Wildman–Crippen LogP) is 4.43. The summed E-state index contributed by atoms with van der Waals surface area (Å²) in [4.78, 5) is 7.27. The molecule has 0 N–H and O–H groups in total. The van der Waals surface area contributed by atoms with Gasteiger partial charge in [0.15, 0.2) is 0 Å². The maximum atomic E-state index is 6.31. The first-order valence-electron chi connectivity index (χ1n) is 9.69. The van der Waals surface area contributed by atoms with Gasteiger partial charge in [0, 0.05) is 30.6 Å². The van der Waals surface area contributed by atoms with Crippen LogP contribution in [-0.2, 0) is 13.1 Å². The van der Waals surface area contributed by atoms with Gasteiger partial charge in [-0.15, -0.1) is 0 Å². The Kier molecular flexibility index (Phi) is 5.35. The van der Waals surface area contributed by atoms with Gasteiger partial charge in [-0.2, -0.15) is 0 Å². The van der Waals surface area contributed by atoms with Crippen molar-refractivity contribution in [2.45, 2.75) is 32.5 Å². The number of hydrogen-bond donors (Lipinski definition) is 0. The minimum atomic E-state index is 0.103. The van der Waals surface area contributed by atoms with Gasteiger partial charge < -0.3 is 14.2 Å². The highest BCUT2D eigenvalue weighted by atomic mass is 16.5. The smallest absolute Gasteiger partial charge is 0.218 e. The van der Waals surface area contributed by atoms with E-state index in [2.05, 4.69) is 48.2 Å². The third kappa shape index (κ3) is 3.62. The number of pyridine rings is 1. The Bertz CT molecular complexity index is 959. The van der Waals surface area contributed by atoms with Crippen LogP contribution in [0.2, 0.25) is 0 Å². The Morgan fingerprint density at radius 3 is 2.54 bits per heavy atom. The van der Waals surface area contributed by atoms with Crippen LogP contribution >= 0.6 is 0 Å². The summed E-state index contributed by atoms with van der Waals surface area (Å²) in [6, 6.07) is 16.5. The third-order valence-corrected chi connectivity index (χ3v) is 5.22. The number of fused-ring (bicyclic) bond motifs is 2. The van der Waals surface area contributed by atoms with Gasteiger partial charge >= 0.3 is 0 Å². The van der Waals surface area contributed by atoms with Crippen molar-refractivity contribution in [2.75, 3.05) is 20.8 Å². The number of ether oxygens (including phenoxy) is 3. The lowest BCUT2D eigenvalue weighted by Gasteiger charge is -2.23. The second kappa shape index (κ2) is 8.07. The maximum Gasteiger partial charge on any atom is 0.218 e. The normalized spacial score (nSPS) is 16.9. The molecule has 28 heavy (non-hydrogen) atoms. The summed E-state index contributed by atoms with van der Waals surface area (Å²) in [5, 5.41) is 0.943. The first-order chi connectivity index (χ1) is 13.7. The summed E-state index contributed by atoms with van der Waals surface area (Å²) < 4.78 is 17.4. The fourth-order valence-corrected chi connectivity index (χ4v) is 3.75. The van der Waals surface area contributed by atoms with E-state index >= 15 is 0 Å². The molecule has 0 bridgehead atoms. The molecule has 0 spiro atoms. The SMILES string of the molecule is CCC1CN(Cc2ccccc2)Cc2cc3c(OC)ccc(OC)c3nc2O1. The quantitative estimate of drug-likeness (QED) is 0.657. The lowest BCUT2D eigenvalue weighted by Crippen LogP contribution is -2.32. The zero-order valence-electron chi connectivity index (χ0n) is 16.6. The minimum absolute atomic E-state index is 0.103. The average molecular weight is 378 g/mol. The maximum absolute atomic E-state index is 6.31. The van der Waals surface area contributed by atoms with Crippen molar-refractivity contribution in [3.63, 3.8) is 0 Å². The molecule has 2 aromatic carbocycles. The van der Waals surface area contributed by atoms with Crippen molar-refractivity contribution >= 4 is 10.9 Å². The summed E-state index contributed by atoms with van der Waals surface area (Å²) in [7, 11) is 3.34. The van der Waals surface area contributed by atoms with Crippen molar-refractivity contribution < 1.29 is 14.2 Å². The predicted molar refractivity (Wildman–Crippen MR) is 110 cm³/mol. The van der Waals surface area contributed by atoms with Crippen molar-refractivity contribution in [3.8, 4) is 17.4 Å². The average Bonchev–Trinajstić information content (AvgIpc) is 2.90. The number of rotatable bonds is 5. The van der Waals surface area contributed by atoms with Gasteiger partial charge in [0.1, 0.15) is 23.1 Å². The van der Waals surface area contributed by atoms with Gasteiger partial charge in [-0.1, -0.05) is 37.3 Å². The van der Waals surface area contributed by atoms with E-state index in [4.69, 9.17) is 19.2 Å². The molecular formula is C23H26N2O3. The third-order valence-electron chi connectivity index (χ3n) is 5.22. The van der Waals surface area contributed by atoms with Gasteiger partial charge in [0.05, 0.1) is 14.2 Å². The van der Waals surface area contributed by atoms with E-state index in [0.29, 0.717) is 5.88 Å². The molecule has 2 heterocycles. The van der Waals surface area contributed by atoms with E-state index < -0.39 is 0 Å². The Balaban J connectivity index is 1.76. The van der Waals surface area contributed by atoms with Crippen LogP contribution in [-0.4, -0.2) is 36.8 Å². The Morgan fingerprint density at radius 2 is 1.82 bits per heavy atom. The second-order valence-electron chi connectivity index (χ2n) is 7.12. The first-order valence-corrected chi connectivity index (χ1v) is 9.69. The zero-order chi connectivity index (χ0) is 19.5. The summed E-state index contributed by atoms with van der Waals surface area (Å²) in [5.41, 5.74) is 3.15. The lowest BCUT2D eigenvalue weighted by atomic mass is 10.1. The monoisotopic (exact) mass is 378 g/mol. The van der Waals surface area contributed by atoms with Gasteiger partial charge in [0.25, 0.3) is 0 Å². The van der Waals surface area contributed by atoms with Crippen LogP contribution in [0.5, 0.6) is 17.4 Å². The van der Waals surface area contributed by atoms with Crippen molar-refractivity contribution in [3.05, 3.63) is 59.7 Å². The van der Waals surface area contributed by atoms with E-state index in [1.54, 1.807) is 14.2 Å². The second-order valence-corrected chi connectivity index (χ2v) is 7.12. The minimum Gasteiger partial charge on any atom is -0.496 e. The topological polar surface area (TPSA) is 43.8 Å². The van der Waals surface area contributed by atoms with Crippen LogP contribution in [0.15, 0.2) is 48.5 Å². The van der Waals surface area contributed by atoms with Gasteiger partial charge in [-0.3, -0.25) is 4.90 Å². The molecule has 1 unspecified atom stereocenters. The van der Waals surface area contributed by atoms with Crippen molar-refractivity contribution in [1.82, 2.24) is 9.88 Å². The lowest BCUT2D eigenvalue weighted by molar-refractivity contribution is 0.136. The number of nitrogens with zero attached hydrogens (tertiary/aromatic N) is 2. The molecule has 1 atom stereocenters. The van der Waals surface area contributed by atoms with Crippen LogP contribution in [0.4, 0.5) is 0 Å². The highest BCUT2D eigenvalue weighted by Crippen LogP contribution is 2.36. The van der Waals surface area contributed by atoms with Crippen LogP contribution in [0.3, 0.4) is 0 Å². The van der Waals surface area contributed by atoms with Gasteiger partial charge in [-0.25, -0.2) is 4.98 Å². The van der Waals surface area contributed by atoms with Gasteiger partial charge in [-0.05, 0) is 30.2 Å². The summed E-state index contributed by atoms with van der Waals surface area (Å²) in [6.45, 7) is 4.69. The molecule has 1 aliphatic heterocycles. The molecule has 0 aliphatic carbocycles. The molecule has 4 rings (SSSR count). The number of methoxy groups -OCH3 is 2. The Morgan fingerprint density at radius 1 is 1.07 bits per heavy atom. The highest BCUT2D eigenvalue weighted by molar-refractivity contribution is 5.91. The first kappa shape index (κ1) is 18.6. The fraction of sp³-hybridized carbons (Fsp3) is 0.348. The molecule has 3 aromatic rings. The molecule has 0 saturated carbocycles. The molecule has 0 saturated heterocycles. The van der Waals surface area contributed by atoms with E-state index in [9.17, 15) is 0 Å². The number of hydrogen-bond acceptors (Lipinski definition) is 5. The van der Waals surface area contributed by atoms with Crippen molar-refractivity contribution in [2.24, 2.45) is 0 Å². The molecule has 5 nitrogen and oxygen atoms in total. The molecule has 0 radical (unpaired) electrons. The largest absolute Gasteiger partial charge is 0.496 e. The molecule has 5 heteroatoms. The molecule has 0 amide bonds. The van der Waals surface area contributed by atoms with Crippen LogP contribution < -0.4 is 14.2 Å². The van der Waals surface area contributed by atoms with E-state index in [1.807, 2.05) is 12.1 Å². The van der Waals surface area contributed by atoms with Gasteiger partial charge in [0.2, 0.25) is 5.88 Å². The van der Waals surface area contributed by atoms with E-state index in [1.165, 1.54) is 5.56 Å². The fourth-order valence-electron chi connectivity index (χ4n) is 3.75. The van der Waals surface area contributed by atoms with E-state index in [0.717, 1.165) is 54.0 Å². The summed E-state index contributed by atoms with van der Waals surface area (Å²) >= 11 is 0. The standard InChI is InChI=1S/C23H26N2O3/c1-4-18-15-25(13-16-8-6-5-7-9-16)14-17-12-19-20(26-2)10-11-21(27-3)22(19)24-23(17)28-18/h5-12,18H,4,13-15H2,1-3H3. The summed E-state index contributed by atoms with van der Waals surface area (Å²) in [5.74, 6) is 2.21. The highest BCUT2D eigenvalue weighted by Gasteiger charge is 2.25. The van der Waals surface area contributed by atoms with Crippen LogP contribution in [0.25, 0.3) is 10.9 Å². The molecule has 1 aromatic heterocycles. The Labute approximate surface area is 165 Å². The molecular weight excluding hydrogens is 352 g/mol. The molecule has 0 fully saturated rings. The number of benzene rings is 2. The zero-order valence-corrected chi connectivity index (χ0v) is 16.6. The molecule has 146 valence electrons. The van der Waals surface area contributed by atoms with Crippen LogP contribution in [0, 0.1) is 0 Å². The number of aromatic nitrogens is 1. The summed E-state index contributed by atoms with van der Waals surface area (Å²) in [6.07, 6.45) is 1.03.